The summed E-state index contributed by atoms with van der Waals surface area (Å²) >= 11 is 7.25. The molecule has 0 aliphatic heterocycles. The molecule has 21 heavy (non-hydrogen) atoms. The van der Waals surface area contributed by atoms with Crippen LogP contribution in [0.2, 0.25) is 5.02 Å². The van der Waals surface area contributed by atoms with Crippen molar-refractivity contribution in [1.29, 1.82) is 0 Å². The van der Waals surface area contributed by atoms with Crippen LogP contribution in [0.3, 0.4) is 0 Å². The average Bonchev–Trinajstić information content (AvgIpc) is 3.08. The van der Waals surface area contributed by atoms with Gasteiger partial charge in [-0.3, -0.25) is 10.1 Å². The van der Waals surface area contributed by atoms with Crippen LogP contribution in [0.4, 0.5) is 6.01 Å². The molecule has 1 N–H and O–H groups in total. The highest BCUT2D eigenvalue weighted by Crippen LogP contribution is 2.21. The zero-order chi connectivity index (χ0) is 14.8. The van der Waals surface area contributed by atoms with Gasteiger partial charge in [0.1, 0.15) is 5.69 Å². The Labute approximate surface area is 128 Å². The fourth-order valence-electron chi connectivity index (χ4n) is 1.61. The van der Waals surface area contributed by atoms with Gasteiger partial charge in [0.05, 0.1) is 5.01 Å². The van der Waals surface area contributed by atoms with Gasteiger partial charge in [-0.15, -0.1) is 16.4 Å². The third-order valence-electron chi connectivity index (χ3n) is 2.59. The first-order valence-electron chi connectivity index (χ1n) is 5.95. The number of carbonyl (C=O) groups excluding carboxylic acids is 1. The van der Waals surface area contributed by atoms with Gasteiger partial charge in [0.25, 0.3) is 11.8 Å². The first-order chi connectivity index (χ1) is 10.1. The molecule has 0 unspecified atom stereocenters. The first kappa shape index (κ1) is 13.7. The quantitative estimate of drug-likeness (QED) is 0.799. The molecule has 3 rings (SSSR count). The molecule has 0 saturated heterocycles. The zero-order valence-electron chi connectivity index (χ0n) is 10.8. The highest BCUT2D eigenvalue weighted by atomic mass is 35.5. The summed E-state index contributed by atoms with van der Waals surface area (Å²) in [5.74, 6) is -0.0814. The van der Waals surface area contributed by atoms with Gasteiger partial charge in [-0.1, -0.05) is 16.7 Å². The average molecular weight is 321 g/mol. The molecule has 2 aromatic heterocycles. The molecule has 0 atom stereocenters. The summed E-state index contributed by atoms with van der Waals surface area (Å²) in [6, 6.07) is 6.51. The summed E-state index contributed by atoms with van der Waals surface area (Å²) in [5, 5.41) is 13.4. The van der Waals surface area contributed by atoms with Gasteiger partial charge < -0.3 is 4.42 Å². The van der Waals surface area contributed by atoms with Crippen molar-refractivity contribution < 1.29 is 9.21 Å². The standard InChI is InChI=1S/C13H9ClN4O2S/c1-7-15-10(6-21-7)12-17-18-13(20-12)16-11(19)8-2-4-9(14)5-3-8/h2-6H,1H3,(H,16,18,19). The molecule has 0 aliphatic rings. The van der Waals surface area contributed by atoms with E-state index >= 15 is 0 Å². The SMILES string of the molecule is Cc1nc(-c2nnc(NC(=O)c3ccc(Cl)cc3)o2)cs1. The van der Waals surface area contributed by atoms with Gasteiger partial charge >= 0.3 is 6.01 Å². The van der Waals surface area contributed by atoms with Crippen molar-refractivity contribution >= 4 is 34.9 Å². The molecule has 3 aromatic rings. The fourth-order valence-corrected chi connectivity index (χ4v) is 2.32. The van der Waals surface area contributed by atoms with Crippen LogP contribution in [-0.4, -0.2) is 21.1 Å². The minimum Gasteiger partial charge on any atom is -0.401 e. The normalized spacial score (nSPS) is 10.6. The third-order valence-corrected chi connectivity index (χ3v) is 3.62. The van der Waals surface area contributed by atoms with Crippen LogP contribution in [-0.2, 0) is 0 Å². The molecule has 106 valence electrons. The van der Waals surface area contributed by atoms with Crippen LogP contribution in [0, 0.1) is 6.92 Å². The number of hydrogen-bond donors (Lipinski definition) is 1. The van der Waals surface area contributed by atoms with E-state index in [2.05, 4.69) is 20.5 Å². The van der Waals surface area contributed by atoms with E-state index in [0.29, 0.717) is 16.3 Å². The number of carbonyl (C=O) groups is 1. The molecule has 0 spiro atoms. The minimum atomic E-state index is -0.351. The number of nitrogens with one attached hydrogen (secondary N) is 1. The van der Waals surface area contributed by atoms with E-state index in [1.807, 2.05) is 12.3 Å². The Kier molecular flexibility index (Phi) is 3.68. The lowest BCUT2D eigenvalue weighted by atomic mass is 10.2. The summed E-state index contributed by atoms with van der Waals surface area (Å²) in [6.45, 7) is 1.88. The van der Waals surface area contributed by atoms with Gasteiger partial charge in [-0.25, -0.2) is 4.98 Å². The minimum absolute atomic E-state index is 0.0237. The molecule has 0 saturated carbocycles. The lowest BCUT2D eigenvalue weighted by Crippen LogP contribution is -2.11. The van der Waals surface area contributed by atoms with Crippen LogP contribution in [0.25, 0.3) is 11.6 Å². The van der Waals surface area contributed by atoms with Crippen LogP contribution in [0.5, 0.6) is 0 Å². The Morgan fingerprint density at radius 1 is 1.29 bits per heavy atom. The fraction of sp³-hybridized carbons (Fsp3) is 0.0769. The van der Waals surface area contributed by atoms with Crippen LogP contribution in [0.1, 0.15) is 15.4 Å². The Morgan fingerprint density at radius 3 is 2.71 bits per heavy atom. The van der Waals surface area contributed by atoms with Crippen LogP contribution >= 0.6 is 22.9 Å². The maximum atomic E-state index is 12.0. The van der Waals surface area contributed by atoms with Crippen molar-refractivity contribution in [2.75, 3.05) is 5.32 Å². The van der Waals surface area contributed by atoms with Gasteiger partial charge in [0.2, 0.25) is 0 Å². The molecular formula is C13H9ClN4O2S. The number of anilines is 1. The molecule has 0 radical (unpaired) electrons. The molecule has 8 heteroatoms. The summed E-state index contributed by atoms with van der Waals surface area (Å²) in [7, 11) is 0. The highest BCUT2D eigenvalue weighted by molar-refractivity contribution is 7.09. The van der Waals surface area contributed by atoms with Crippen molar-refractivity contribution in [3.8, 4) is 11.6 Å². The number of thiazole rings is 1. The summed E-state index contributed by atoms with van der Waals surface area (Å²) in [5.41, 5.74) is 1.04. The van der Waals surface area contributed by atoms with Crippen molar-refractivity contribution in [3.05, 3.63) is 45.2 Å². The third kappa shape index (κ3) is 3.09. The number of benzene rings is 1. The molecule has 0 fully saturated rings. The number of aromatic nitrogens is 3. The molecule has 0 bridgehead atoms. The van der Waals surface area contributed by atoms with Gasteiger partial charge in [0, 0.05) is 16.0 Å². The smallest absolute Gasteiger partial charge is 0.322 e. The number of halogens is 1. The second kappa shape index (κ2) is 5.63. The van der Waals surface area contributed by atoms with E-state index in [-0.39, 0.29) is 17.8 Å². The Bertz CT molecular complexity index is 782. The van der Waals surface area contributed by atoms with E-state index in [1.54, 1.807) is 24.3 Å². The predicted octanol–water partition coefficient (Wildman–Crippen LogP) is 3.41. The van der Waals surface area contributed by atoms with E-state index < -0.39 is 0 Å². The van der Waals surface area contributed by atoms with E-state index in [4.69, 9.17) is 16.0 Å². The van der Waals surface area contributed by atoms with Crippen LogP contribution < -0.4 is 5.32 Å². The van der Waals surface area contributed by atoms with E-state index in [1.165, 1.54) is 11.3 Å². The highest BCUT2D eigenvalue weighted by Gasteiger charge is 2.14. The number of hydrogen-bond acceptors (Lipinski definition) is 6. The Balaban J connectivity index is 1.75. The molecule has 6 nitrogen and oxygen atoms in total. The van der Waals surface area contributed by atoms with Crippen molar-refractivity contribution in [3.63, 3.8) is 0 Å². The monoisotopic (exact) mass is 320 g/mol. The van der Waals surface area contributed by atoms with Gasteiger partial charge in [-0.2, -0.15) is 0 Å². The Hall–Kier alpha value is -2.25. The summed E-state index contributed by atoms with van der Waals surface area (Å²) < 4.78 is 5.36. The van der Waals surface area contributed by atoms with Crippen molar-refractivity contribution in [1.82, 2.24) is 15.2 Å². The molecule has 1 amide bonds. The van der Waals surface area contributed by atoms with Crippen molar-refractivity contribution in [2.45, 2.75) is 6.92 Å². The largest absolute Gasteiger partial charge is 0.401 e. The zero-order valence-corrected chi connectivity index (χ0v) is 12.4. The second-order valence-electron chi connectivity index (χ2n) is 4.13. The number of amides is 1. The first-order valence-corrected chi connectivity index (χ1v) is 7.20. The Morgan fingerprint density at radius 2 is 2.05 bits per heavy atom. The van der Waals surface area contributed by atoms with Crippen LogP contribution in [0.15, 0.2) is 34.1 Å². The van der Waals surface area contributed by atoms with Gasteiger partial charge in [0.15, 0.2) is 0 Å². The number of aryl methyl sites for hydroxylation is 1. The maximum absolute atomic E-state index is 12.0. The summed E-state index contributed by atoms with van der Waals surface area (Å²) in [6.07, 6.45) is 0. The van der Waals surface area contributed by atoms with Gasteiger partial charge in [-0.05, 0) is 31.2 Å². The molecule has 1 aromatic carbocycles. The van der Waals surface area contributed by atoms with Crippen molar-refractivity contribution in [2.24, 2.45) is 0 Å². The van der Waals surface area contributed by atoms with E-state index in [9.17, 15) is 4.79 Å². The predicted molar refractivity (Wildman–Crippen MR) is 79.5 cm³/mol. The second-order valence-corrected chi connectivity index (χ2v) is 5.62. The molecular weight excluding hydrogens is 312 g/mol. The number of nitrogens with zero attached hydrogens (tertiary/aromatic N) is 3. The lowest BCUT2D eigenvalue weighted by Gasteiger charge is -2.00. The maximum Gasteiger partial charge on any atom is 0.322 e. The topological polar surface area (TPSA) is 80.9 Å². The summed E-state index contributed by atoms with van der Waals surface area (Å²) in [4.78, 5) is 16.2. The molecule has 2 heterocycles. The van der Waals surface area contributed by atoms with E-state index in [0.717, 1.165) is 5.01 Å². The molecule has 0 aliphatic carbocycles. The lowest BCUT2D eigenvalue weighted by molar-refractivity contribution is 0.102. The number of rotatable bonds is 3.